The molecule has 0 aliphatic heterocycles. The molecule has 1 N–H and O–H groups in total. The van der Waals surface area contributed by atoms with Crippen molar-refractivity contribution in [2.75, 3.05) is 17.1 Å². The average molecular weight is 723 g/mol. The largest absolute Gasteiger partial charge is 0.350 e. The van der Waals surface area contributed by atoms with Crippen LogP contribution in [0.25, 0.3) is 0 Å². The number of hydrogen-bond donors (Lipinski definition) is 1. The van der Waals surface area contributed by atoms with E-state index in [4.69, 9.17) is 0 Å². The number of nitrogens with zero attached hydrogens (tertiary/aromatic N) is 2. The van der Waals surface area contributed by atoms with E-state index in [1.807, 2.05) is 101 Å². The van der Waals surface area contributed by atoms with Gasteiger partial charge in [0.05, 0.1) is 10.6 Å². The molecular weight excluding hydrogens is 682 g/mol. The van der Waals surface area contributed by atoms with Gasteiger partial charge in [-0.25, -0.2) is 8.42 Å². The third-order valence-corrected chi connectivity index (χ3v) is 10.3. The van der Waals surface area contributed by atoms with E-state index in [1.165, 1.54) is 16.7 Å². The number of carbonyl (C=O) groups is 2. The van der Waals surface area contributed by atoms with Crippen LogP contribution in [0.15, 0.2) is 117 Å². The molecule has 0 saturated carbocycles. The van der Waals surface area contributed by atoms with Gasteiger partial charge < -0.3 is 10.2 Å². The Balaban J connectivity index is 1.81. The normalized spacial score (nSPS) is 12.3. The second-order valence-corrected chi connectivity index (χ2v) is 15.8. The summed E-state index contributed by atoms with van der Waals surface area (Å²) in [5.41, 5.74) is 2.43. The molecule has 4 rings (SSSR count). The van der Waals surface area contributed by atoms with Gasteiger partial charge in [0.25, 0.3) is 10.0 Å². The van der Waals surface area contributed by atoms with Crippen LogP contribution in [0, 0.1) is 6.92 Å². The number of halogens is 1. The van der Waals surface area contributed by atoms with Gasteiger partial charge in [-0.1, -0.05) is 76.1 Å². The number of thioether (sulfide) groups is 1. The number of aryl methyl sites for hydroxylation is 1. The second-order valence-electron chi connectivity index (χ2n) is 12.1. The van der Waals surface area contributed by atoms with E-state index >= 15 is 0 Å². The van der Waals surface area contributed by atoms with Gasteiger partial charge in [0, 0.05) is 27.9 Å². The lowest BCUT2D eigenvalue weighted by molar-refractivity contribution is -0.140. The highest BCUT2D eigenvalue weighted by atomic mass is 79.9. The Labute approximate surface area is 285 Å². The van der Waals surface area contributed by atoms with Crippen LogP contribution >= 0.6 is 27.7 Å². The number of rotatable bonds is 12. The maximum atomic E-state index is 14.6. The first-order valence-electron chi connectivity index (χ1n) is 14.9. The van der Waals surface area contributed by atoms with Gasteiger partial charge in [-0.2, -0.15) is 0 Å². The first-order valence-corrected chi connectivity index (χ1v) is 18.4. The zero-order chi connectivity index (χ0) is 33.5. The molecule has 7 nitrogen and oxygen atoms in total. The summed E-state index contributed by atoms with van der Waals surface area (Å²) in [5, 5.41) is 3.05. The molecule has 4 aromatic rings. The van der Waals surface area contributed by atoms with Crippen molar-refractivity contribution in [2.45, 2.75) is 62.0 Å². The summed E-state index contributed by atoms with van der Waals surface area (Å²) in [6.07, 6.45) is 2.17. The van der Waals surface area contributed by atoms with Gasteiger partial charge in [-0.05, 0) is 93.6 Å². The van der Waals surface area contributed by atoms with Crippen LogP contribution in [0.3, 0.4) is 0 Å². The van der Waals surface area contributed by atoms with Crippen LogP contribution < -0.4 is 9.62 Å². The van der Waals surface area contributed by atoms with Gasteiger partial charge in [-0.15, -0.1) is 11.8 Å². The number of sulfonamides is 1. The minimum absolute atomic E-state index is 0.0736. The number of hydrogen-bond acceptors (Lipinski definition) is 5. The van der Waals surface area contributed by atoms with Gasteiger partial charge in [0.2, 0.25) is 11.8 Å². The molecule has 0 radical (unpaired) electrons. The molecule has 0 aliphatic rings. The van der Waals surface area contributed by atoms with Crippen LogP contribution in [0.2, 0.25) is 0 Å². The standard InChI is InChI=1S/C36H40BrN3O4S2/c1-26-11-17-30(18-12-26)40(46(43,44)32-21-19-31(45-5)20-22-32)25-34(41)39(24-28-13-15-29(37)16-14-28)33(35(42)38-36(2,3)4)23-27-9-7-6-8-10-27/h6-22,33H,23-25H2,1-5H3,(H,38,42). The van der Waals surface area contributed by atoms with Crippen molar-refractivity contribution in [1.29, 1.82) is 0 Å². The summed E-state index contributed by atoms with van der Waals surface area (Å²) in [6.45, 7) is 7.18. The summed E-state index contributed by atoms with van der Waals surface area (Å²) in [7, 11) is -4.16. The predicted octanol–water partition coefficient (Wildman–Crippen LogP) is 7.23. The van der Waals surface area contributed by atoms with E-state index in [-0.39, 0.29) is 23.8 Å². The molecule has 2 amide bonds. The number of anilines is 1. The van der Waals surface area contributed by atoms with Crippen LogP contribution in [-0.4, -0.2) is 49.5 Å². The maximum absolute atomic E-state index is 14.6. The van der Waals surface area contributed by atoms with Gasteiger partial charge in [0.1, 0.15) is 12.6 Å². The summed E-state index contributed by atoms with van der Waals surface area (Å²) in [4.78, 5) is 31.1. The van der Waals surface area contributed by atoms with E-state index < -0.39 is 34.1 Å². The van der Waals surface area contributed by atoms with Crippen molar-refractivity contribution in [1.82, 2.24) is 10.2 Å². The summed E-state index contributed by atoms with van der Waals surface area (Å²) < 4.78 is 30.5. The maximum Gasteiger partial charge on any atom is 0.264 e. The van der Waals surface area contributed by atoms with E-state index in [0.717, 1.165) is 30.4 Å². The predicted molar refractivity (Wildman–Crippen MR) is 190 cm³/mol. The van der Waals surface area contributed by atoms with Crippen molar-refractivity contribution in [2.24, 2.45) is 0 Å². The van der Waals surface area contributed by atoms with Gasteiger partial charge in [0.15, 0.2) is 0 Å². The molecule has 10 heteroatoms. The first-order chi connectivity index (χ1) is 21.8. The Morgan fingerprint density at radius 1 is 0.848 bits per heavy atom. The second kappa shape index (κ2) is 15.3. The molecule has 1 atom stereocenters. The van der Waals surface area contributed by atoms with Crippen LogP contribution in [0.4, 0.5) is 5.69 Å². The fraction of sp³-hybridized carbons (Fsp3) is 0.278. The fourth-order valence-corrected chi connectivity index (χ4v) is 6.99. The molecule has 0 spiro atoms. The number of carbonyl (C=O) groups excluding carboxylic acids is 2. The van der Waals surface area contributed by atoms with Gasteiger partial charge in [-0.3, -0.25) is 13.9 Å². The third kappa shape index (κ3) is 9.47. The number of benzene rings is 4. The molecule has 242 valence electrons. The molecule has 0 aliphatic carbocycles. The van der Waals surface area contributed by atoms with E-state index in [1.54, 1.807) is 36.4 Å². The van der Waals surface area contributed by atoms with E-state index in [0.29, 0.717) is 5.69 Å². The molecule has 0 saturated heterocycles. The van der Waals surface area contributed by atoms with Crippen molar-refractivity contribution in [3.05, 3.63) is 124 Å². The van der Waals surface area contributed by atoms with Crippen molar-refractivity contribution in [3.8, 4) is 0 Å². The smallest absolute Gasteiger partial charge is 0.264 e. The lowest BCUT2D eigenvalue weighted by Gasteiger charge is -2.35. The Kier molecular flexibility index (Phi) is 11.7. The van der Waals surface area contributed by atoms with Crippen molar-refractivity contribution < 1.29 is 18.0 Å². The Morgan fingerprint density at radius 3 is 2.02 bits per heavy atom. The highest BCUT2D eigenvalue weighted by molar-refractivity contribution is 9.10. The highest BCUT2D eigenvalue weighted by Crippen LogP contribution is 2.27. The monoisotopic (exact) mass is 721 g/mol. The van der Waals surface area contributed by atoms with Gasteiger partial charge >= 0.3 is 0 Å². The topological polar surface area (TPSA) is 86.8 Å². The molecule has 4 aromatic carbocycles. The third-order valence-electron chi connectivity index (χ3n) is 7.28. The minimum atomic E-state index is -4.16. The summed E-state index contributed by atoms with van der Waals surface area (Å²) >= 11 is 4.98. The van der Waals surface area contributed by atoms with E-state index in [2.05, 4.69) is 21.2 Å². The van der Waals surface area contributed by atoms with Crippen molar-refractivity contribution >= 4 is 55.2 Å². The molecule has 1 unspecified atom stereocenters. The average Bonchev–Trinajstić information content (AvgIpc) is 3.02. The zero-order valence-electron chi connectivity index (χ0n) is 26.7. The zero-order valence-corrected chi connectivity index (χ0v) is 30.0. The lowest BCUT2D eigenvalue weighted by atomic mass is 10.0. The summed E-state index contributed by atoms with van der Waals surface area (Å²) in [5.74, 6) is -0.822. The highest BCUT2D eigenvalue weighted by Gasteiger charge is 2.35. The van der Waals surface area contributed by atoms with Crippen LogP contribution in [0.5, 0.6) is 0 Å². The number of nitrogens with one attached hydrogen (secondary N) is 1. The molecule has 46 heavy (non-hydrogen) atoms. The fourth-order valence-electron chi connectivity index (χ4n) is 4.91. The SMILES string of the molecule is CSc1ccc(S(=O)(=O)N(CC(=O)N(Cc2ccc(Br)cc2)C(Cc2ccccc2)C(=O)NC(C)(C)C)c2ccc(C)cc2)cc1. The molecule has 0 bridgehead atoms. The van der Waals surface area contributed by atoms with Crippen LogP contribution in [-0.2, 0) is 32.6 Å². The Morgan fingerprint density at radius 2 is 1.46 bits per heavy atom. The molecule has 0 fully saturated rings. The summed E-state index contributed by atoms with van der Waals surface area (Å²) in [6, 6.07) is 29.8. The quantitative estimate of drug-likeness (QED) is 0.156. The first kappa shape index (κ1) is 35.3. The lowest BCUT2D eigenvalue weighted by Crippen LogP contribution is -2.56. The molecular formula is C36H40BrN3O4S2. The minimum Gasteiger partial charge on any atom is -0.350 e. The molecule has 0 heterocycles. The Hall–Kier alpha value is -3.60. The van der Waals surface area contributed by atoms with Crippen molar-refractivity contribution in [3.63, 3.8) is 0 Å². The Bertz CT molecular complexity index is 1720. The van der Waals surface area contributed by atoms with E-state index in [9.17, 15) is 18.0 Å². The van der Waals surface area contributed by atoms with Crippen LogP contribution in [0.1, 0.15) is 37.5 Å². The molecule has 0 aromatic heterocycles. The number of amides is 2.